The van der Waals surface area contributed by atoms with Crippen molar-refractivity contribution in [2.24, 2.45) is 0 Å². The highest BCUT2D eigenvalue weighted by Gasteiger charge is 2.23. The number of aromatic carboxylic acids is 1. The number of carboxylic acid groups (broad SMARTS) is 1. The van der Waals surface area contributed by atoms with Gasteiger partial charge in [0, 0.05) is 25.8 Å². The van der Waals surface area contributed by atoms with Crippen molar-refractivity contribution < 1.29 is 9.90 Å². The lowest BCUT2D eigenvalue weighted by Crippen LogP contribution is -2.29. The van der Waals surface area contributed by atoms with Crippen molar-refractivity contribution in [3.8, 4) is 0 Å². The van der Waals surface area contributed by atoms with Gasteiger partial charge in [0.1, 0.15) is 5.65 Å². The summed E-state index contributed by atoms with van der Waals surface area (Å²) in [5, 5.41) is 12.8. The van der Waals surface area contributed by atoms with Crippen LogP contribution >= 0.6 is 0 Å². The van der Waals surface area contributed by atoms with Gasteiger partial charge < -0.3 is 15.3 Å². The van der Waals surface area contributed by atoms with E-state index in [2.05, 4.69) is 15.2 Å². The van der Waals surface area contributed by atoms with Crippen molar-refractivity contribution >= 4 is 17.4 Å². The maximum absolute atomic E-state index is 11.5. The predicted molar refractivity (Wildman–Crippen MR) is 71.9 cm³/mol. The van der Waals surface area contributed by atoms with Gasteiger partial charge in [-0.2, -0.15) is 0 Å². The molecule has 1 saturated heterocycles. The average molecular weight is 260 g/mol. The molecule has 0 spiro atoms. The summed E-state index contributed by atoms with van der Waals surface area (Å²) >= 11 is 0. The summed E-state index contributed by atoms with van der Waals surface area (Å²) < 4.78 is 1.63. The second-order valence-electron chi connectivity index (χ2n) is 4.61. The van der Waals surface area contributed by atoms with Crippen LogP contribution in [0.5, 0.6) is 0 Å². The second kappa shape index (κ2) is 4.89. The summed E-state index contributed by atoms with van der Waals surface area (Å²) in [6.07, 6.45) is 2.73. The van der Waals surface area contributed by atoms with Crippen LogP contribution in [0.15, 0.2) is 24.4 Å². The zero-order valence-electron chi connectivity index (χ0n) is 10.5. The summed E-state index contributed by atoms with van der Waals surface area (Å²) in [6.45, 7) is 3.43. The quantitative estimate of drug-likeness (QED) is 0.837. The summed E-state index contributed by atoms with van der Waals surface area (Å²) in [4.78, 5) is 18.1. The van der Waals surface area contributed by atoms with Gasteiger partial charge >= 0.3 is 5.97 Å². The van der Waals surface area contributed by atoms with Crippen molar-refractivity contribution in [1.82, 2.24) is 14.7 Å². The normalized spacial score (nSPS) is 16.5. The average Bonchev–Trinajstić information content (AvgIpc) is 2.59. The Labute approximate surface area is 110 Å². The highest BCUT2D eigenvalue weighted by Crippen LogP contribution is 2.22. The standard InChI is InChI=1S/C13H16N4O2/c18-13(19)11-12(16-7-3-5-14-6-9-16)15-10-4-1-2-8-17(10)11/h1-2,4,8,14H,3,5-7,9H2,(H,18,19). The van der Waals surface area contributed by atoms with Gasteiger partial charge in [-0.1, -0.05) is 6.07 Å². The van der Waals surface area contributed by atoms with Crippen molar-refractivity contribution in [2.45, 2.75) is 6.42 Å². The van der Waals surface area contributed by atoms with Gasteiger partial charge in [-0.05, 0) is 25.1 Å². The number of nitrogens with one attached hydrogen (secondary N) is 1. The summed E-state index contributed by atoms with van der Waals surface area (Å²) in [5.41, 5.74) is 0.921. The molecule has 3 rings (SSSR count). The number of imidazole rings is 1. The zero-order chi connectivity index (χ0) is 13.2. The van der Waals surface area contributed by atoms with Crippen LogP contribution in [0.2, 0.25) is 0 Å². The van der Waals surface area contributed by atoms with E-state index < -0.39 is 5.97 Å². The van der Waals surface area contributed by atoms with Crippen LogP contribution < -0.4 is 10.2 Å². The van der Waals surface area contributed by atoms with E-state index in [1.807, 2.05) is 18.2 Å². The van der Waals surface area contributed by atoms with Gasteiger partial charge in [0.05, 0.1) is 0 Å². The minimum absolute atomic E-state index is 0.248. The van der Waals surface area contributed by atoms with Crippen LogP contribution in [0.4, 0.5) is 5.82 Å². The number of nitrogens with zero attached hydrogens (tertiary/aromatic N) is 3. The molecule has 0 radical (unpaired) electrons. The third-order valence-electron chi connectivity index (χ3n) is 3.35. The largest absolute Gasteiger partial charge is 0.476 e. The van der Waals surface area contributed by atoms with E-state index in [9.17, 15) is 9.90 Å². The second-order valence-corrected chi connectivity index (χ2v) is 4.61. The Kier molecular flexibility index (Phi) is 3.08. The van der Waals surface area contributed by atoms with Gasteiger partial charge in [-0.25, -0.2) is 9.78 Å². The smallest absolute Gasteiger partial charge is 0.356 e. The van der Waals surface area contributed by atoms with Crippen molar-refractivity contribution in [3.63, 3.8) is 0 Å². The van der Waals surface area contributed by atoms with Crippen LogP contribution in [-0.2, 0) is 0 Å². The first-order valence-electron chi connectivity index (χ1n) is 6.43. The number of hydrogen-bond acceptors (Lipinski definition) is 4. The number of carbonyl (C=O) groups is 1. The maximum Gasteiger partial charge on any atom is 0.356 e. The molecule has 100 valence electrons. The Morgan fingerprint density at radius 1 is 1.32 bits per heavy atom. The highest BCUT2D eigenvalue weighted by atomic mass is 16.4. The van der Waals surface area contributed by atoms with Gasteiger partial charge in [-0.3, -0.25) is 4.40 Å². The minimum Gasteiger partial charge on any atom is -0.476 e. The van der Waals surface area contributed by atoms with Crippen LogP contribution in [0.25, 0.3) is 5.65 Å². The predicted octanol–water partition coefficient (Wildman–Crippen LogP) is 0.832. The molecular formula is C13H16N4O2. The fourth-order valence-electron chi connectivity index (χ4n) is 2.46. The van der Waals surface area contributed by atoms with Crippen molar-refractivity contribution in [2.75, 3.05) is 31.1 Å². The highest BCUT2D eigenvalue weighted by molar-refractivity contribution is 5.93. The molecule has 2 N–H and O–H groups in total. The van der Waals surface area contributed by atoms with Crippen molar-refractivity contribution in [1.29, 1.82) is 0 Å². The molecule has 2 aromatic rings. The lowest BCUT2D eigenvalue weighted by Gasteiger charge is -2.19. The molecular weight excluding hydrogens is 244 g/mol. The maximum atomic E-state index is 11.5. The van der Waals surface area contributed by atoms with Gasteiger partial charge in [0.25, 0.3) is 0 Å². The first-order valence-corrected chi connectivity index (χ1v) is 6.43. The van der Waals surface area contributed by atoms with E-state index in [1.165, 1.54) is 0 Å². The number of rotatable bonds is 2. The van der Waals surface area contributed by atoms with E-state index in [0.717, 1.165) is 32.6 Å². The number of carboxylic acids is 1. The van der Waals surface area contributed by atoms with Crippen LogP contribution in [0.1, 0.15) is 16.9 Å². The number of anilines is 1. The molecule has 1 aliphatic heterocycles. The summed E-state index contributed by atoms with van der Waals surface area (Å²) in [6, 6.07) is 5.50. The lowest BCUT2D eigenvalue weighted by molar-refractivity contribution is 0.0690. The zero-order valence-corrected chi connectivity index (χ0v) is 10.5. The van der Waals surface area contributed by atoms with Crippen LogP contribution in [0.3, 0.4) is 0 Å². The molecule has 0 amide bonds. The van der Waals surface area contributed by atoms with E-state index in [1.54, 1.807) is 10.6 Å². The SMILES string of the molecule is O=C(O)c1c(N2CCCNCC2)nc2ccccn12. The molecule has 6 heteroatoms. The first kappa shape index (κ1) is 12.0. The number of pyridine rings is 1. The molecule has 2 aromatic heterocycles. The molecule has 6 nitrogen and oxygen atoms in total. The lowest BCUT2D eigenvalue weighted by atomic mass is 10.3. The Bertz CT molecular complexity index is 600. The minimum atomic E-state index is -0.939. The van der Waals surface area contributed by atoms with E-state index in [-0.39, 0.29) is 5.69 Å². The Balaban J connectivity index is 2.10. The van der Waals surface area contributed by atoms with E-state index in [4.69, 9.17) is 0 Å². The molecule has 0 atom stereocenters. The summed E-state index contributed by atoms with van der Waals surface area (Å²) in [7, 11) is 0. The number of fused-ring (bicyclic) bond motifs is 1. The van der Waals surface area contributed by atoms with Crippen molar-refractivity contribution in [3.05, 3.63) is 30.1 Å². The van der Waals surface area contributed by atoms with E-state index in [0.29, 0.717) is 11.5 Å². The number of aromatic nitrogens is 2. The molecule has 0 aliphatic carbocycles. The third-order valence-corrected chi connectivity index (χ3v) is 3.35. The fraction of sp³-hybridized carbons (Fsp3) is 0.385. The molecule has 0 bridgehead atoms. The molecule has 0 aromatic carbocycles. The number of hydrogen-bond donors (Lipinski definition) is 2. The Morgan fingerprint density at radius 3 is 3.05 bits per heavy atom. The van der Waals surface area contributed by atoms with E-state index >= 15 is 0 Å². The third kappa shape index (κ3) is 2.15. The molecule has 3 heterocycles. The van der Waals surface area contributed by atoms with Gasteiger partial charge in [-0.15, -0.1) is 0 Å². The van der Waals surface area contributed by atoms with Gasteiger partial charge in [0.15, 0.2) is 11.5 Å². The fourth-order valence-corrected chi connectivity index (χ4v) is 2.46. The molecule has 1 fully saturated rings. The monoisotopic (exact) mass is 260 g/mol. The Hall–Kier alpha value is -2.08. The Morgan fingerprint density at radius 2 is 2.21 bits per heavy atom. The van der Waals surface area contributed by atoms with Crippen LogP contribution in [0, 0.1) is 0 Å². The van der Waals surface area contributed by atoms with Crippen LogP contribution in [-0.4, -0.2) is 46.6 Å². The summed E-state index contributed by atoms with van der Waals surface area (Å²) in [5.74, 6) is -0.367. The molecule has 1 aliphatic rings. The molecule has 0 saturated carbocycles. The van der Waals surface area contributed by atoms with Gasteiger partial charge in [0.2, 0.25) is 0 Å². The molecule has 0 unspecified atom stereocenters. The molecule has 19 heavy (non-hydrogen) atoms. The topological polar surface area (TPSA) is 69.9 Å². The first-order chi connectivity index (χ1) is 9.27.